The van der Waals surface area contributed by atoms with Crippen LogP contribution >= 0.6 is 22.9 Å². The van der Waals surface area contributed by atoms with Crippen molar-refractivity contribution in [2.75, 3.05) is 6.61 Å². The van der Waals surface area contributed by atoms with E-state index >= 15 is 0 Å². The van der Waals surface area contributed by atoms with E-state index in [-0.39, 0.29) is 6.61 Å². The molecule has 0 bridgehead atoms. The van der Waals surface area contributed by atoms with Crippen LogP contribution < -0.4 is 0 Å². The average Bonchev–Trinajstić information content (AvgIpc) is 2.46. The summed E-state index contributed by atoms with van der Waals surface area (Å²) < 4.78 is 1.12. The zero-order valence-electron chi connectivity index (χ0n) is 6.83. The molecule has 0 atom stereocenters. The summed E-state index contributed by atoms with van der Waals surface area (Å²) in [6, 6.07) is 5.71. The van der Waals surface area contributed by atoms with E-state index in [1.807, 2.05) is 12.1 Å². The third-order valence-electron chi connectivity index (χ3n) is 1.75. The van der Waals surface area contributed by atoms with Crippen molar-refractivity contribution >= 4 is 33.2 Å². The maximum atomic E-state index is 8.76. The maximum Gasteiger partial charge on any atom is 0.129 e. The van der Waals surface area contributed by atoms with Crippen LogP contribution in [0.5, 0.6) is 0 Å². The van der Waals surface area contributed by atoms with Crippen molar-refractivity contribution in [3.63, 3.8) is 0 Å². The Balaban J connectivity index is 2.49. The first-order chi connectivity index (χ1) is 6.29. The number of rotatable bonds is 2. The number of pyridine rings is 1. The Hall–Kier alpha value is -0.640. The van der Waals surface area contributed by atoms with E-state index in [1.165, 1.54) is 0 Å². The quantitative estimate of drug-likeness (QED) is 0.778. The van der Waals surface area contributed by atoms with Gasteiger partial charge in [-0.05, 0) is 18.2 Å². The monoisotopic (exact) mass is 213 g/mol. The molecule has 0 aliphatic heterocycles. The van der Waals surface area contributed by atoms with Crippen molar-refractivity contribution in [1.29, 1.82) is 0 Å². The van der Waals surface area contributed by atoms with E-state index in [4.69, 9.17) is 16.7 Å². The third-order valence-corrected chi connectivity index (χ3v) is 3.11. The molecule has 0 unspecified atom stereocenters. The average molecular weight is 214 g/mol. The molecule has 0 saturated heterocycles. The number of hydrogen-bond acceptors (Lipinski definition) is 3. The molecule has 2 heterocycles. The minimum atomic E-state index is 0.181. The highest BCUT2D eigenvalue weighted by Crippen LogP contribution is 2.25. The van der Waals surface area contributed by atoms with Crippen molar-refractivity contribution in [3.05, 3.63) is 28.2 Å². The molecule has 0 fully saturated rings. The second-order valence-electron chi connectivity index (χ2n) is 2.70. The van der Waals surface area contributed by atoms with Crippen LogP contribution in [0.1, 0.15) is 4.88 Å². The molecule has 0 radical (unpaired) electrons. The molecular weight excluding hydrogens is 206 g/mol. The van der Waals surface area contributed by atoms with Gasteiger partial charge in [0.05, 0.1) is 10.2 Å². The molecule has 1 N–H and O–H groups in total. The van der Waals surface area contributed by atoms with Gasteiger partial charge in [-0.2, -0.15) is 0 Å². The van der Waals surface area contributed by atoms with E-state index in [0.717, 1.165) is 15.1 Å². The molecule has 2 aromatic rings. The lowest BCUT2D eigenvalue weighted by Crippen LogP contribution is -1.84. The largest absolute Gasteiger partial charge is 0.396 e. The fourth-order valence-corrected chi connectivity index (χ4v) is 2.33. The van der Waals surface area contributed by atoms with Crippen LogP contribution in [0, 0.1) is 0 Å². The predicted octanol–water partition coefficient (Wildman–Crippen LogP) is 2.48. The second kappa shape index (κ2) is 3.62. The van der Waals surface area contributed by atoms with Gasteiger partial charge in [0.1, 0.15) is 5.15 Å². The fraction of sp³-hybridized carbons (Fsp3) is 0.222. The van der Waals surface area contributed by atoms with Crippen LogP contribution in [0.3, 0.4) is 0 Å². The van der Waals surface area contributed by atoms with Crippen LogP contribution in [-0.4, -0.2) is 16.7 Å². The SMILES string of the molecule is OCCc1cc2nc(Cl)ccc2s1. The topological polar surface area (TPSA) is 33.1 Å². The Bertz CT molecular complexity index is 426. The van der Waals surface area contributed by atoms with Crippen molar-refractivity contribution in [2.45, 2.75) is 6.42 Å². The summed E-state index contributed by atoms with van der Waals surface area (Å²) >= 11 is 7.40. The van der Waals surface area contributed by atoms with Crippen LogP contribution in [0.15, 0.2) is 18.2 Å². The van der Waals surface area contributed by atoms with Crippen molar-refractivity contribution < 1.29 is 5.11 Å². The van der Waals surface area contributed by atoms with Crippen molar-refractivity contribution in [3.8, 4) is 0 Å². The fourth-order valence-electron chi connectivity index (χ4n) is 1.18. The molecule has 0 spiro atoms. The number of aliphatic hydroxyl groups is 1. The first kappa shape index (κ1) is 8.94. The summed E-state index contributed by atoms with van der Waals surface area (Å²) in [4.78, 5) is 5.32. The van der Waals surface area contributed by atoms with Crippen LogP contribution in [0.2, 0.25) is 5.15 Å². The lowest BCUT2D eigenvalue weighted by atomic mass is 10.3. The highest BCUT2D eigenvalue weighted by molar-refractivity contribution is 7.19. The van der Waals surface area contributed by atoms with E-state index in [0.29, 0.717) is 11.6 Å². The molecule has 2 aromatic heterocycles. The number of fused-ring (bicyclic) bond motifs is 1. The highest BCUT2D eigenvalue weighted by Gasteiger charge is 2.02. The van der Waals surface area contributed by atoms with E-state index in [9.17, 15) is 0 Å². The summed E-state index contributed by atoms with van der Waals surface area (Å²) in [7, 11) is 0. The minimum Gasteiger partial charge on any atom is -0.396 e. The zero-order valence-corrected chi connectivity index (χ0v) is 8.40. The van der Waals surface area contributed by atoms with Gasteiger partial charge in [-0.1, -0.05) is 11.6 Å². The van der Waals surface area contributed by atoms with Gasteiger partial charge < -0.3 is 5.11 Å². The molecule has 2 nitrogen and oxygen atoms in total. The second-order valence-corrected chi connectivity index (χ2v) is 4.26. The standard InChI is InChI=1S/C9H8ClNOS/c10-9-2-1-8-7(11-9)5-6(13-8)3-4-12/h1-2,5,12H,3-4H2. The molecular formula is C9H8ClNOS. The lowest BCUT2D eigenvalue weighted by Gasteiger charge is -1.87. The highest BCUT2D eigenvalue weighted by atomic mass is 35.5. The molecule has 0 aromatic carbocycles. The Morgan fingerprint density at radius 2 is 2.31 bits per heavy atom. The van der Waals surface area contributed by atoms with Crippen molar-refractivity contribution in [1.82, 2.24) is 4.98 Å². The number of nitrogens with zero attached hydrogens (tertiary/aromatic N) is 1. The Morgan fingerprint density at radius 1 is 1.46 bits per heavy atom. The number of halogens is 1. The Morgan fingerprint density at radius 3 is 3.08 bits per heavy atom. The van der Waals surface area contributed by atoms with Crippen LogP contribution in [0.25, 0.3) is 10.2 Å². The van der Waals surface area contributed by atoms with Gasteiger partial charge in [-0.3, -0.25) is 0 Å². The smallest absolute Gasteiger partial charge is 0.129 e. The number of thiophene rings is 1. The third kappa shape index (κ3) is 1.82. The summed E-state index contributed by atoms with van der Waals surface area (Å²) in [5, 5.41) is 9.27. The lowest BCUT2D eigenvalue weighted by molar-refractivity contribution is 0.300. The van der Waals surface area contributed by atoms with Crippen molar-refractivity contribution in [2.24, 2.45) is 0 Å². The van der Waals surface area contributed by atoms with E-state index in [1.54, 1.807) is 17.4 Å². The van der Waals surface area contributed by atoms with Gasteiger partial charge in [0.15, 0.2) is 0 Å². The normalized spacial score (nSPS) is 10.9. The van der Waals surface area contributed by atoms with Gasteiger partial charge in [0, 0.05) is 17.9 Å². The van der Waals surface area contributed by atoms with Gasteiger partial charge in [-0.15, -0.1) is 11.3 Å². The molecule has 13 heavy (non-hydrogen) atoms. The van der Waals surface area contributed by atoms with Crippen LogP contribution in [-0.2, 0) is 6.42 Å². The first-order valence-electron chi connectivity index (χ1n) is 3.95. The zero-order chi connectivity index (χ0) is 9.26. The number of aliphatic hydroxyl groups excluding tert-OH is 1. The minimum absolute atomic E-state index is 0.181. The summed E-state index contributed by atoms with van der Waals surface area (Å²) in [5.41, 5.74) is 0.918. The Kier molecular flexibility index (Phi) is 2.49. The summed E-state index contributed by atoms with van der Waals surface area (Å²) in [6.07, 6.45) is 0.693. The molecule has 68 valence electrons. The van der Waals surface area contributed by atoms with Gasteiger partial charge >= 0.3 is 0 Å². The molecule has 0 aliphatic carbocycles. The first-order valence-corrected chi connectivity index (χ1v) is 5.15. The Labute approximate surface area is 84.8 Å². The number of hydrogen-bond donors (Lipinski definition) is 1. The van der Waals surface area contributed by atoms with Gasteiger partial charge in [0.2, 0.25) is 0 Å². The number of aromatic nitrogens is 1. The molecule has 4 heteroatoms. The van der Waals surface area contributed by atoms with E-state index < -0.39 is 0 Å². The summed E-state index contributed by atoms with van der Waals surface area (Å²) in [5.74, 6) is 0. The molecule has 0 amide bonds. The van der Waals surface area contributed by atoms with Gasteiger partial charge in [-0.25, -0.2) is 4.98 Å². The molecule has 0 aliphatic rings. The maximum absolute atomic E-state index is 8.76. The molecule has 0 saturated carbocycles. The van der Waals surface area contributed by atoms with Gasteiger partial charge in [0.25, 0.3) is 0 Å². The predicted molar refractivity (Wildman–Crippen MR) is 55.4 cm³/mol. The van der Waals surface area contributed by atoms with Crippen LogP contribution in [0.4, 0.5) is 0 Å². The van der Waals surface area contributed by atoms with E-state index in [2.05, 4.69) is 4.98 Å². The summed E-state index contributed by atoms with van der Waals surface area (Å²) in [6.45, 7) is 0.181. The molecule has 2 rings (SSSR count).